The first-order valence-corrected chi connectivity index (χ1v) is 15.9. The average molecular weight is 638 g/mol. The van der Waals surface area contributed by atoms with E-state index in [2.05, 4.69) is 52.4 Å². The average Bonchev–Trinajstić information content (AvgIpc) is 2.96. The Labute approximate surface area is 254 Å². The van der Waals surface area contributed by atoms with E-state index in [-0.39, 0.29) is 12.6 Å². The van der Waals surface area contributed by atoms with Gasteiger partial charge in [0.15, 0.2) is 0 Å². The highest BCUT2D eigenvalue weighted by Crippen LogP contribution is 2.43. The van der Waals surface area contributed by atoms with Crippen LogP contribution in [0.1, 0.15) is 71.1 Å². The lowest BCUT2D eigenvalue weighted by Gasteiger charge is -2.43. The van der Waals surface area contributed by atoms with Crippen molar-refractivity contribution in [2.24, 2.45) is 0 Å². The summed E-state index contributed by atoms with van der Waals surface area (Å²) in [5, 5.41) is 58.4. The maximum Gasteiger partial charge on any atom is 0.305 e. The molecule has 13 nitrogen and oxygen atoms in total. The van der Waals surface area contributed by atoms with Gasteiger partial charge in [-0.05, 0) is 44.9 Å². The van der Waals surface area contributed by atoms with Crippen LogP contribution in [0.15, 0.2) is 48.6 Å². The van der Waals surface area contributed by atoms with Crippen LogP contribution in [-0.4, -0.2) is 92.5 Å². The number of ether oxygens (including phenoxy) is 1. The van der Waals surface area contributed by atoms with Crippen LogP contribution in [0.3, 0.4) is 0 Å². The van der Waals surface area contributed by atoms with Crippen LogP contribution in [-0.2, 0) is 23.1 Å². The molecule has 1 rings (SSSR count). The summed E-state index contributed by atoms with van der Waals surface area (Å²) in [6.45, 7) is 0.802. The monoisotopic (exact) mass is 637 g/mol. The molecule has 1 fully saturated rings. The number of carbonyl (C=O) groups excluding carboxylic acids is 1. The molecule has 0 heterocycles. The van der Waals surface area contributed by atoms with Gasteiger partial charge in [0.2, 0.25) is 0 Å². The molecule has 0 amide bonds. The maximum absolute atomic E-state index is 12.0. The number of rotatable bonds is 21. The molecule has 0 aromatic carbocycles. The zero-order valence-electron chi connectivity index (χ0n) is 25.2. The highest BCUT2D eigenvalue weighted by Gasteiger charge is 2.50. The van der Waals surface area contributed by atoms with Crippen molar-refractivity contribution in [2.45, 2.75) is 114 Å². The van der Waals surface area contributed by atoms with Gasteiger partial charge in [-0.3, -0.25) is 9.36 Å². The minimum atomic E-state index is -5.25. The van der Waals surface area contributed by atoms with Crippen molar-refractivity contribution in [3.8, 4) is 0 Å². The molecular formula is C29H52NO12P. The van der Waals surface area contributed by atoms with Crippen LogP contribution in [0.2, 0.25) is 0 Å². The van der Waals surface area contributed by atoms with E-state index in [9.17, 15) is 44.9 Å². The molecule has 0 aliphatic heterocycles. The van der Waals surface area contributed by atoms with E-state index in [0.29, 0.717) is 12.8 Å². The van der Waals surface area contributed by atoms with Gasteiger partial charge >= 0.3 is 5.97 Å². The highest BCUT2D eigenvalue weighted by atomic mass is 31.2. The normalized spacial score (nSPS) is 26.7. The first-order chi connectivity index (χ1) is 20.0. The van der Waals surface area contributed by atoms with E-state index in [1.54, 1.807) is 0 Å². The zero-order chi connectivity index (χ0) is 31.4. The fourth-order valence-corrected chi connectivity index (χ4v) is 4.88. The fraction of sp³-hybridized carbons (Fsp3) is 0.690. The molecule has 0 spiro atoms. The third-order valence-corrected chi connectivity index (χ3v) is 7.36. The fourth-order valence-electron chi connectivity index (χ4n) is 3.91. The first kappa shape index (κ1) is 41.3. The largest absolute Gasteiger partial charge is 0.756 e. The number of aliphatic hydroxyl groups is 6. The molecule has 43 heavy (non-hydrogen) atoms. The molecule has 0 radical (unpaired) electrons. The minimum Gasteiger partial charge on any atom is -0.756 e. The number of allylic oxidation sites excluding steroid dienone is 8. The number of aliphatic hydroxyl groups excluding tert-OH is 6. The summed E-state index contributed by atoms with van der Waals surface area (Å²) in [4.78, 5) is 23.9. The van der Waals surface area contributed by atoms with Gasteiger partial charge in [-0.25, -0.2) is 0 Å². The van der Waals surface area contributed by atoms with E-state index in [4.69, 9.17) is 4.74 Å². The summed E-state index contributed by atoms with van der Waals surface area (Å²) < 4.78 is 25.9. The second-order valence-electron chi connectivity index (χ2n) is 10.1. The molecule has 1 aliphatic rings. The van der Waals surface area contributed by atoms with Gasteiger partial charge in [0.25, 0.3) is 7.82 Å². The van der Waals surface area contributed by atoms with Crippen molar-refractivity contribution in [1.82, 2.24) is 6.15 Å². The SMILES string of the molecule is CCCCC/C=C\C/C=C\C/C=C\C/C=C\CCCC(=O)OC[C@@H](O)COP(=O)([O-])OC1[C@H](O)[C@H](O)C(O)[C@H](O)[C@H]1O.[NH4+]. The predicted octanol–water partition coefficient (Wildman–Crippen LogP) is 2.10. The summed E-state index contributed by atoms with van der Waals surface area (Å²) >= 11 is 0. The molecule has 14 heteroatoms. The topological polar surface area (TPSA) is 243 Å². The Morgan fingerprint density at radius 1 is 0.767 bits per heavy atom. The lowest BCUT2D eigenvalue weighted by atomic mass is 9.85. The molecule has 8 atom stereocenters. The smallest absolute Gasteiger partial charge is 0.305 e. The van der Waals surface area contributed by atoms with Crippen LogP contribution in [0.5, 0.6) is 0 Å². The second-order valence-corrected chi connectivity index (χ2v) is 11.4. The summed E-state index contributed by atoms with van der Waals surface area (Å²) in [6.07, 6.45) is 12.2. The summed E-state index contributed by atoms with van der Waals surface area (Å²) in [5.74, 6) is -0.582. The summed E-state index contributed by atoms with van der Waals surface area (Å²) in [5.41, 5.74) is 0. The molecule has 0 saturated heterocycles. The molecule has 0 aromatic rings. The van der Waals surface area contributed by atoms with Gasteiger partial charge < -0.3 is 55.5 Å². The van der Waals surface area contributed by atoms with Crippen LogP contribution in [0.4, 0.5) is 0 Å². The summed E-state index contributed by atoms with van der Waals surface area (Å²) in [6, 6.07) is 0. The number of hydrogen-bond donors (Lipinski definition) is 7. The molecule has 1 aliphatic carbocycles. The molecule has 1 saturated carbocycles. The van der Waals surface area contributed by atoms with Crippen LogP contribution in [0.25, 0.3) is 0 Å². The van der Waals surface area contributed by atoms with Gasteiger partial charge in [0.1, 0.15) is 49.3 Å². The van der Waals surface area contributed by atoms with Crippen molar-refractivity contribution < 1.29 is 58.7 Å². The van der Waals surface area contributed by atoms with E-state index < -0.39 is 69.7 Å². The Hall–Kier alpha value is -1.74. The Morgan fingerprint density at radius 3 is 1.74 bits per heavy atom. The van der Waals surface area contributed by atoms with E-state index >= 15 is 0 Å². The lowest BCUT2D eigenvalue weighted by molar-refractivity contribution is -0.261. The van der Waals surface area contributed by atoms with Crippen LogP contribution in [0, 0.1) is 0 Å². The van der Waals surface area contributed by atoms with Crippen molar-refractivity contribution >= 4 is 13.8 Å². The maximum atomic E-state index is 12.0. The van der Waals surface area contributed by atoms with E-state index in [1.165, 1.54) is 19.3 Å². The third kappa shape index (κ3) is 18.0. The Morgan fingerprint density at radius 2 is 1.23 bits per heavy atom. The molecule has 0 bridgehead atoms. The first-order valence-electron chi connectivity index (χ1n) is 14.5. The van der Waals surface area contributed by atoms with Crippen molar-refractivity contribution in [1.29, 1.82) is 0 Å². The van der Waals surface area contributed by atoms with E-state index in [1.807, 2.05) is 12.2 Å². The highest BCUT2D eigenvalue weighted by molar-refractivity contribution is 7.45. The molecular weight excluding hydrogens is 585 g/mol. The number of phosphoric acid groups is 1. The van der Waals surface area contributed by atoms with Gasteiger partial charge in [0.05, 0.1) is 6.61 Å². The Balaban J connectivity index is 0.0000176. The number of quaternary nitrogens is 1. The number of carbonyl (C=O) groups is 1. The molecule has 250 valence electrons. The Bertz CT molecular complexity index is 896. The zero-order valence-corrected chi connectivity index (χ0v) is 26.1. The van der Waals surface area contributed by atoms with Crippen LogP contribution >= 0.6 is 7.82 Å². The molecule has 10 N–H and O–H groups in total. The van der Waals surface area contributed by atoms with Crippen LogP contribution < -0.4 is 11.0 Å². The number of phosphoric ester groups is 1. The number of esters is 1. The molecule has 3 unspecified atom stereocenters. The van der Waals surface area contributed by atoms with Gasteiger partial charge in [0, 0.05) is 6.42 Å². The van der Waals surface area contributed by atoms with Crippen molar-refractivity contribution in [3.05, 3.63) is 48.6 Å². The predicted molar refractivity (Wildman–Crippen MR) is 160 cm³/mol. The molecule has 0 aromatic heterocycles. The van der Waals surface area contributed by atoms with Gasteiger partial charge in [-0.15, -0.1) is 0 Å². The Kier molecular flexibility index (Phi) is 22.7. The second kappa shape index (κ2) is 23.6. The lowest BCUT2D eigenvalue weighted by Crippen LogP contribution is -2.64. The van der Waals surface area contributed by atoms with E-state index in [0.717, 1.165) is 25.7 Å². The minimum absolute atomic E-state index is 0. The van der Waals surface area contributed by atoms with Gasteiger partial charge in [-0.2, -0.15) is 0 Å². The quantitative estimate of drug-likeness (QED) is 0.0414. The standard InChI is InChI=1S/C29H49O12P.H3N/c1-2-3-4-5-6-7-8-9-10-11-12-13-14-15-16-17-18-19-23(31)39-20-22(30)21-40-42(37,38)41-29-27(35)25(33)24(32)26(34)28(29)36;/h6-7,9-10,12-13,15-16,22,24-30,32-36H,2-5,8,11,14,17-21H2,1H3,(H,37,38);1H3/b7-6-,10-9-,13-12-,16-15-;/t22-,24?,25-,26+,27-,28-,29?;/m1./s1. The number of hydrogen-bond acceptors (Lipinski definition) is 12. The number of unbranched alkanes of at least 4 members (excludes halogenated alkanes) is 4. The van der Waals surface area contributed by atoms with Gasteiger partial charge in [-0.1, -0.05) is 68.4 Å². The third-order valence-electron chi connectivity index (χ3n) is 6.39. The summed E-state index contributed by atoms with van der Waals surface area (Å²) in [7, 11) is -5.25. The van der Waals surface area contributed by atoms with Crippen molar-refractivity contribution in [3.63, 3.8) is 0 Å². The van der Waals surface area contributed by atoms with Crippen molar-refractivity contribution in [2.75, 3.05) is 13.2 Å².